The molecule has 0 bridgehead atoms. The Balaban J connectivity index is 2.60. The number of hydrogen-bond acceptors (Lipinski definition) is 4. The average molecular weight is 314 g/mol. The summed E-state index contributed by atoms with van der Waals surface area (Å²) in [6.45, 7) is 7.69. The van der Waals surface area contributed by atoms with Crippen molar-refractivity contribution < 1.29 is 8.42 Å². The molecular weight excluding hydrogens is 292 g/mol. The van der Waals surface area contributed by atoms with Crippen LogP contribution >= 0.6 is 11.8 Å². The van der Waals surface area contributed by atoms with E-state index in [4.69, 9.17) is 5.73 Å². The fraction of sp³-hybridized carbons (Fsp3) is 0.429. The smallest absolute Gasteiger partial charge is 0.215 e. The molecule has 0 saturated carbocycles. The van der Waals surface area contributed by atoms with Crippen LogP contribution in [0.25, 0.3) is 0 Å². The summed E-state index contributed by atoms with van der Waals surface area (Å²) < 4.78 is 26.0. The van der Waals surface area contributed by atoms with Crippen LogP contribution in [0.2, 0.25) is 0 Å². The van der Waals surface area contributed by atoms with Crippen molar-refractivity contribution >= 4 is 27.5 Å². The van der Waals surface area contributed by atoms with Gasteiger partial charge in [-0.2, -0.15) is 4.31 Å². The molecule has 0 unspecified atom stereocenters. The zero-order valence-corrected chi connectivity index (χ0v) is 13.6. The van der Waals surface area contributed by atoms with Gasteiger partial charge < -0.3 is 5.73 Å². The summed E-state index contributed by atoms with van der Waals surface area (Å²) in [5.74, 6) is 0.616. The van der Waals surface area contributed by atoms with Gasteiger partial charge in [0.15, 0.2) is 0 Å². The quantitative estimate of drug-likeness (QED) is 0.455. The molecule has 0 aromatic heterocycles. The number of benzene rings is 1. The van der Waals surface area contributed by atoms with E-state index in [0.717, 1.165) is 4.90 Å². The Hall–Kier alpha value is -0.980. The number of nitrogen functional groups attached to an aromatic ring is 1. The number of anilines is 1. The molecule has 0 amide bonds. The molecule has 0 heterocycles. The van der Waals surface area contributed by atoms with Crippen molar-refractivity contribution in [2.75, 3.05) is 23.8 Å². The lowest BCUT2D eigenvalue weighted by molar-refractivity contribution is 0.384. The average Bonchev–Trinajstić information content (AvgIpc) is 2.35. The van der Waals surface area contributed by atoms with Gasteiger partial charge in [0.1, 0.15) is 0 Å². The highest BCUT2D eigenvalue weighted by atomic mass is 32.2. The first kappa shape index (κ1) is 17.1. The molecule has 0 spiro atoms. The monoisotopic (exact) mass is 314 g/mol. The van der Waals surface area contributed by atoms with Gasteiger partial charge in [-0.3, -0.25) is 0 Å². The van der Waals surface area contributed by atoms with Gasteiger partial charge in [-0.25, -0.2) is 8.42 Å². The highest BCUT2D eigenvalue weighted by molar-refractivity contribution is 8.00. The van der Waals surface area contributed by atoms with E-state index in [1.165, 1.54) is 16.1 Å². The number of nitrogens with two attached hydrogens (primary N) is 1. The van der Waals surface area contributed by atoms with E-state index in [1.54, 1.807) is 6.08 Å². The Bertz CT molecular complexity index is 542. The Kier molecular flexibility index (Phi) is 6.58. The molecule has 0 saturated heterocycles. The predicted octanol–water partition coefficient (Wildman–Crippen LogP) is 2.59. The van der Waals surface area contributed by atoms with Crippen molar-refractivity contribution in [3.05, 3.63) is 36.9 Å². The third kappa shape index (κ3) is 5.19. The third-order valence-corrected chi connectivity index (χ3v) is 5.97. The molecule has 4 nitrogen and oxygen atoms in total. The summed E-state index contributed by atoms with van der Waals surface area (Å²) >= 11 is 1.50. The molecule has 0 radical (unpaired) electrons. The summed E-state index contributed by atoms with van der Waals surface area (Å²) in [5, 5.41) is 0. The van der Waals surface area contributed by atoms with E-state index in [9.17, 15) is 8.42 Å². The zero-order valence-electron chi connectivity index (χ0n) is 12.0. The zero-order chi connectivity index (χ0) is 15.2. The van der Waals surface area contributed by atoms with Crippen LogP contribution in [0.3, 0.4) is 0 Å². The molecular formula is C14H22N2O2S2. The number of rotatable bonds is 8. The van der Waals surface area contributed by atoms with Crippen LogP contribution in [-0.2, 0) is 10.0 Å². The maximum Gasteiger partial charge on any atom is 0.215 e. The standard InChI is InChI=1S/C14H22N2O2S2/c1-4-8-16(12(2)3)20(17,18)10-9-19-14-7-5-6-13(15)11-14/h4-7,11-12H,1,8-10,15H2,2-3H3. The molecule has 0 aliphatic heterocycles. The third-order valence-electron chi connectivity index (χ3n) is 2.71. The minimum atomic E-state index is -3.25. The molecule has 6 heteroatoms. The van der Waals surface area contributed by atoms with E-state index in [1.807, 2.05) is 38.1 Å². The van der Waals surface area contributed by atoms with Gasteiger partial charge in [-0.15, -0.1) is 18.3 Å². The van der Waals surface area contributed by atoms with Gasteiger partial charge >= 0.3 is 0 Å². The summed E-state index contributed by atoms with van der Waals surface area (Å²) in [7, 11) is -3.25. The Labute approximate surface area is 126 Å². The number of thioether (sulfide) groups is 1. The summed E-state index contributed by atoms with van der Waals surface area (Å²) in [6, 6.07) is 7.39. The topological polar surface area (TPSA) is 63.4 Å². The lowest BCUT2D eigenvalue weighted by Crippen LogP contribution is -2.39. The molecule has 0 fully saturated rings. The van der Waals surface area contributed by atoms with Crippen molar-refractivity contribution in [3.63, 3.8) is 0 Å². The normalized spacial score (nSPS) is 12.0. The van der Waals surface area contributed by atoms with Gasteiger partial charge in [0.2, 0.25) is 10.0 Å². The first-order valence-electron chi connectivity index (χ1n) is 6.45. The second-order valence-electron chi connectivity index (χ2n) is 4.69. The van der Waals surface area contributed by atoms with Crippen molar-refractivity contribution in [2.24, 2.45) is 0 Å². The molecule has 0 atom stereocenters. The second-order valence-corrected chi connectivity index (χ2v) is 7.90. The number of nitrogens with zero attached hydrogens (tertiary/aromatic N) is 1. The maximum absolute atomic E-state index is 12.3. The highest BCUT2D eigenvalue weighted by Gasteiger charge is 2.23. The number of sulfonamides is 1. The van der Waals surface area contributed by atoms with Crippen molar-refractivity contribution in [1.29, 1.82) is 0 Å². The van der Waals surface area contributed by atoms with Gasteiger partial charge in [0.25, 0.3) is 0 Å². The molecule has 0 aliphatic carbocycles. The van der Waals surface area contributed by atoms with E-state index < -0.39 is 10.0 Å². The van der Waals surface area contributed by atoms with Gasteiger partial charge in [0, 0.05) is 28.9 Å². The first-order chi connectivity index (χ1) is 9.36. The van der Waals surface area contributed by atoms with Crippen LogP contribution in [0.1, 0.15) is 13.8 Å². The second kappa shape index (κ2) is 7.71. The molecule has 112 valence electrons. The minimum Gasteiger partial charge on any atom is -0.399 e. The van der Waals surface area contributed by atoms with Crippen LogP contribution in [0, 0.1) is 0 Å². The molecule has 2 N–H and O–H groups in total. The van der Waals surface area contributed by atoms with Gasteiger partial charge in [-0.1, -0.05) is 12.1 Å². The minimum absolute atomic E-state index is 0.0598. The fourth-order valence-electron chi connectivity index (χ4n) is 1.76. The SMILES string of the molecule is C=CCN(C(C)C)S(=O)(=O)CCSc1cccc(N)c1. The van der Waals surface area contributed by atoms with Crippen LogP contribution in [0.4, 0.5) is 5.69 Å². The van der Waals surface area contributed by atoms with E-state index in [0.29, 0.717) is 18.0 Å². The molecule has 20 heavy (non-hydrogen) atoms. The van der Waals surface area contributed by atoms with Crippen molar-refractivity contribution in [2.45, 2.75) is 24.8 Å². The van der Waals surface area contributed by atoms with Crippen molar-refractivity contribution in [1.82, 2.24) is 4.31 Å². The Morgan fingerprint density at radius 2 is 2.15 bits per heavy atom. The molecule has 0 aliphatic rings. The van der Waals surface area contributed by atoms with Gasteiger partial charge in [-0.05, 0) is 32.0 Å². The maximum atomic E-state index is 12.3. The summed E-state index contributed by atoms with van der Waals surface area (Å²) in [6.07, 6.45) is 1.61. The van der Waals surface area contributed by atoms with Crippen LogP contribution < -0.4 is 5.73 Å². The molecule has 1 aromatic rings. The van der Waals surface area contributed by atoms with Crippen LogP contribution in [-0.4, -0.2) is 36.8 Å². The summed E-state index contributed by atoms with van der Waals surface area (Å²) in [4.78, 5) is 0.986. The highest BCUT2D eigenvalue weighted by Crippen LogP contribution is 2.21. The lowest BCUT2D eigenvalue weighted by atomic mass is 10.3. The Morgan fingerprint density at radius 3 is 2.70 bits per heavy atom. The van der Waals surface area contributed by atoms with E-state index in [-0.39, 0.29) is 11.8 Å². The lowest BCUT2D eigenvalue weighted by Gasteiger charge is -2.24. The molecule has 1 rings (SSSR count). The fourth-order valence-corrected chi connectivity index (χ4v) is 4.77. The van der Waals surface area contributed by atoms with Crippen LogP contribution in [0.15, 0.2) is 41.8 Å². The first-order valence-corrected chi connectivity index (χ1v) is 9.05. The van der Waals surface area contributed by atoms with E-state index >= 15 is 0 Å². The summed E-state index contributed by atoms with van der Waals surface area (Å²) in [5.41, 5.74) is 6.38. The predicted molar refractivity (Wildman–Crippen MR) is 87.4 cm³/mol. The van der Waals surface area contributed by atoms with Crippen LogP contribution in [0.5, 0.6) is 0 Å². The number of hydrogen-bond donors (Lipinski definition) is 1. The van der Waals surface area contributed by atoms with Crippen molar-refractivity contribution in [3.8, 4) is 0 Å². The largest absolute Gasteiger partial charge is 0.399 e. The van der Waals surface area contributed by atoms with Gasteiger partial charge in [0.05, 0.1) is 5.75 Å². The molecule has 1 aromatic carbocycles. The van der Waals surface area contributed by atoms with E-state index in [2.05, 4.69) is 6.58 Å². The Morgan fingerprint density at radius 1 is 1.45 bits per heavy atom.